The summed E-state index contributed by atoms with van der Waals surface area (Å²) in [6.07, 6.45) is 4.03. The molecule has 1 unspecified atom stereocenters. The second-order valence-electron chi connectivity index (χ2n) is 8.21. The number of nitrogens with zero attached hydrogens (tertiary/aromatic N) is 1. The van der Waals surface area contributed by atoms with Gasteiger partial charge >= 0.3 is 5.97 Å². The maximum absolute atomic E-state index is 12.5. The average molecular weight is 344 g/mol. The standard InChI is InChI=1S/C20H28N2O3/c1-19(2,3)25-17(23)15-6-8-16(9-7-15)22-13-11-20(14-22)10-4-5-12-21-18(20)24/h6-9H,4-5,10-14H2,1-3H3,(H,21,24). The highest BCUT2D eigenvalue weighted by atomic mass is 16.6. The molecular formula is C20H28N2O3. The van der Waals surface area contributed by atoms with E-state index >= 15 is 0 Å². The van der Waals surface area contributed by atoms with E-state index in [-0.39, 0.29) is 17.3 Å². The molecule has 0 saturated carbocycles. The van der Waals surface area contributed by atoms with Gasteiger partial charge in [-0.1, -0.05) is 6.42 Å². The van der Waals surface area contributed by atoms with Crippen molar-refractivity contribution in [3.05, 3.63) is 29.8 Å². The molecule has 2 heterocycles. The Labute approximate surface area is 149 Å². The second kappa shape index (κ2) is 6.70. The number of hydrogen-bond donors (Lipinski definition) is 1. The van der Waals surface area contributed by atoms with Crippen LogP contribution in [-0.2, 0) is 9.53 Å². The van der Waals surface area contributed by atoms with Crippen LogP contribution in [0.4, 0.5) is 5.69 Å². The van der Waals surface area contributed by atoms with Gasteiger partial charge in [0, 0.05) is 25.3 Å². The van der Waals surface area contributed by atoms with Gasteiger partial charge in [0.1, 0.15) is 5.60 Å². The monoisotopic (exact) mass is 344 g/mol. The van der Waals surface area contributed by atoms with Crippen molar-refractivity contribution in [2.45, 2.75) is 52.1 Å². The van der Waals surface area contributed by atoms with E-state index in [4.69, 9.17) is 4.74 Å². The van der Waals surface area contributed by atoms with Crippen molar-refractivity contribution < 1.29 is 14.3 Å². The van der Waals surface area contributed by atoms with Crippen molar-refractivity contribution in [2.75, 3.05) is 24.5 Å². The average Bonchev–Trinajstić information content (AvgIpc) is 2.90. The minimum atomic E-state index is -0.496. The first-order chi connectivity index (χ1) is 11.8. The number of carbonyl (C=O) groups is 2. The van der Waals surface area contributed by atoms with Crippen LogP contribution >= 0.6 is 0 Å². The van der Waals surface area contributed by atoms with E-state index in [2.05, 4.69) is 10.2 Å². The van der Waals surface area contributed by atoms with Gasteiger partial charge in [0.05, 0.1) is 11.0 Å². The van der Waals surface area contributed by atoms with Gasteiger partial charge in [-0.3, -0.25) is 4.79 Å². The molecule has 5 nitrogen and oxygen atoms in total. The van der Waals surface area contributed by atoms with Gasteiger partial charge in [0.15, 0.2) is 0 Å². The molecule has 1 amide bonds. The molecule has 2 aliphatic heterocycles. The molecular weight excluding hydrogens is 316 g/mol. The summed E-state index contributed by atoms with van der Waals surface area (Å²) in [6.45, 7) is 8.01. The van der Waals surface area contributed by atoms with Crippen LogP contribution in [0.3, 0.4) is 0 Å². The van der Waals surface area contributed by atoms with Crippen LogP contribution in [0, 0.1) is 5.41 Å². The van der Waals surface area contributed by atoms with Crippen molar-refractivity contribution in [1.82, 2.24) is 5.32 Å². The minimum Gasteiger partial charge on any atom is -0.456 e. The van der Waals surface area contributed by atoms with Crippen molar-refractivity contribution in [2.24, 2.45) is 5.41 Å². The van der Waals surface area contributed by atoms with Crippen LogP contribution in [0.5, 0.6) is 0 Å². The Morgan fingerprint density at radius 2 is 1.88 bits per heavy atom. The first-order valence-corrected chi connectivity index (χ1v) is 9.16. The summed E-state index contributed by atoms with van der Waals surface area (Å²) in [5.74, 6) is -0.0991. The van der Waals surface area contributed by atoms with E-state index in [1.165, 1.54) is 0 Å². The van der Waals surface area contributed by atoms with Gasteiger partial charge in [-0.2, -0.15) is 0 Å². The van der Waals surface area contributed by atoms with Crippen LogP contribution in [0.25, 0.3) is 0 Å². The zero-order chi connectivity index (χ0) is 18.1. The third kappa shape index (κ3) is 3.97. The molecule has 1 aromatic rings. The van der Waals surface area contributed by atoms with E-state index in [0.29, 0.717) is 5.56 Å². The van der Waals surface area contributed by atoms with Gasteiger partial charge in [0.25, 0.3) is 0 Å². The fraction of sp³-hybridized carbons (Fsp3) is 0.600. The van der Waals surface area contributed by atoms with Crippen molar-refractivity contribution in [3.8, 4) is 0 Å². The minimum absolute atomic E-state index is 0.206. The Balaban J connectivity index is 1.69. The van der Waals surface area contributed by atoms with Crippen LogP contribution < -0.4 is 10.2 Å². The van der Waals surface area contributed by atoms with Crippen LogP contribution in [0.1, 0.15) is 56.8 Å². The summed E-state index contributed by atoms with van der Waals surface area (Å²) >= 11 is 0. The number of amides is 1. The van der Waals surface area contributed by atoms with Gasteiger partial charge in [-0.15, -0.1) is 0 Å². The van der Waals surface area contributed by atoms with Crippen molar-refractivity contribution >= 4 is 17.6 Å². The molecule has 5 heteroatoms. The van der Waals surface area contributed by atoms with E-state index in [0.717, 1.165) is 51.0 Å². The number of benzene rings is 1. The lowest BCUT2D eigenvalue weighted by Gasteiger charge is -2.27. The third-order valence-corrected chi connectivity index (χ3v) is 5.07. The molecule has 136 valence electrons. The lowest BCUT2D eigenvalue weighted by atomic mass is 9.82. The quantitative estimate of drug-likeness (QED) is 0.838. The summed E-state index contributed by atoms with van der Waals surface area (Å²) in [4.78, 5) is 26.9. The molecule has 1 spiro atoms. The molecule has 0 aliphatic carbocycles. The Bertz CT molecular complexity index is 648. The topological polar surface area (TPSA) is 58.6 Å². The Morgan fingerprint density at radius 3 is 2.56 bits per heavy atom. The molecule has 25 heavy (non-hydrogen) atoms. The van der Waals surface area contributed by atoms with Gasteiger partial charge in [-0.05, 0) is 64.3 Å². The Morgan fingerprint density at radius 1 is 1.16 bits per heavy atom. The normalized spacial score (nSPS) is 24.1. The third-order valence-electron chi connectivity index (χ3n) is 5.07. The number of carbonyl (C=O) groups excluding carboxylic acids is 2. The number of ether oxygens (including phenoxy) is 1. The number of hydrogen-bond acceptors (Lipinski definition) is 4. The summed E-state index contributed by atoms with van der Waals surface area (Å²) in [5, 5.41) is 3.07. The molecule has 0 bridgehead atoms. The van der Waals surface area contributed by atoms with Gasteiger partial charge < -0.3 is 15.0 Å². The summed E-state index contributed by atoms with van der Waals surface area (Å²) < 4.78 is 5.40. The molecule has 2 saturated heterocycles. The Kier molecular flexibility index (Phi) is 4.76. The summed E-state index contributed by atoms with van der Waals surface area (Å²) in [6, 6.07) is 7.52. The predicted octanol–water partition coefficient (Wildman–Crippen LogP) is 3.14. The zero-order valence-corrected chi connectivity index (χ0v) is 15.4. The predicted molar refractivity (Wildman–Crippen MR) is 97.7 cm³/mol. The highest BCUT2D eigenvalue weighted by molar-refractivity contribution is 5.90. The van der Waals surface area contributed by atoms with Crippen molar-refractivity contribution in [3.63, 3.8) is 0 Å². The molecule has 2 fully saturated rings. The Hall–Kier alpha value is -2.04. The largest absolute Gasteiger partial charge is 0.456 e. The van der Waals surface area contributed by atoms with Crippen LogP contribution in [-0.4, -0.2) is 37.1 Å². The highest BCUT2D eigenvalue weighted by Gasteiger charge is 2.44. The lowest BCUT2D eigenvalue weighted by molar-refractivity contribution is -0.129. The maximum atomic E-state index is 12.5. The van der Waals surface area contributed by atoms with Crippen LogP contribution in [0.2, 0.25) is 0 Å². The first kappa shape index (κ1) is 17.8. The number of nitrogens with one attached hydrogen (secondary N) is 1. The zero-order valence-electron chi connectivity index (χ0n) is 15.4. The summed E-state index contributed by atoms with van der Waals surface area (Å²) in [5.41, 5.74) is 0.866. The fourth-order valence-electron chi connectivity index (χ4n) is 3.72. The molecule has 0 aromatic heterocycles. The highest BCUT2D eigenvalue weighted by Crippen LogP contribution is 2.39. The smallest absolute Gasteiger partial charge is 0.338 e. The molecule has 1 N–H and O–H groups in total. The van der Waals surface area contributed by atoms with Crippen molar-refractivity contribution in [1.29, 1.82) is 0 Å². The molecule has 3 rings (SSSR count). The summed E-state index contributed by atoms with van der Waals surface area (Å²) in [7, 11) is 0. The van der Waals surface area contributed by atoms with Gasteiger partial charge in [0.2, 0.25) is 5.91 Å². The van der Waals surface area contributed by atoms with E-state index in [1.54, 1.807) is 0 Å². The van der Waals surface area contributed by atoms with E-state index < -0.39 is 5.60 Å². The number of esters is 1. The number of rotatable bonds is 2. The van der Waals surface area contributed by atoms with Crippen LogP contribution in [0.15, 0.2) is 24.3 Å². The first-order valence-electron chi connectivity index (χ1n) is 9.16. The molecule has 1 atom stereocenters. The maximum Gasteiger partial charge on any atom is 0.338 e. The number of anilines is 1. The lowest BCUT2D eigenvalue weighted by Crippen LogP contribution is -2.41. The SMILES string of the molecule is CC(C)(C)OC(=O)c1ccc(N2CCC3(CCCCNC3=O)C2)cc1. The molecule has 2 aliphatic rings. The second-order valence-corrected chi connectivity index (χ2v) is 8.21. The van der Waals surface area contributed by atoms with Gasteiger partial charge in [-0.25, -0.2) is 4.79 Å². The molecule has 1 aromatic carbocycles. The van der Waals surface area contributed by atoms with E-state index in [1.807, 2.05) is 45.0 Å². The van der Waals surface area contributed by atoms with E-state index in [9.17, 15) is 9.59 Å². The molecule has 0 radical (unpaired) electrons. The fourth-order valence-corrected chi connectivity index (χ4v) is 3.72.